The molecule has 1 aliphatic heterocycles. The minimum absolute atomic E-state index is 0.0398. The molecule has 3 nitrogen and oxygen atoms in total. The number of benzene rings is 2. The summed E-state index contributed by atoms with van der Waals surface area (Å²) < 4.78 is 0. The molecule has 3 heteroatoms. The number of urea groups is 1. The lowest BCUT2D eigenvalue weighted by molar-refractivity contribution is 0.215. The normalized spacial score (nSPS) is 15.3. The summed E-state index contributed by atoms with van der Waals surface area (Å²) in [6, 6.07) is 14.6. The number of hydrogen-bond donors (Lipinski definition) is 1. The molecule has 0 atom stereocenters. The van der Waals surface area contributed by atoms with Crippen molar-refractivity contribution in [1.29, 1.82) is 0 Å². The van der Waals surface area contributed by atoms with Gasteiger partial charge in [-0.2, -0.15) is 0 Å². The van der Waals surface area contributed by atoms with Crippen LogP contribution in [0.3, 0.4) is 0 Å². The summed E-state index contributed by atoms with van der Waals surface area (Å²) >= 11 is 0. The SMILES string of the molecule is O=C1NCCN1Cc1cccc2ccccc12. The van der Waals surface area contributed by atoms with Gasteiger partial charge in [-0.1, -0.05) is 42.5 Å². The lowest BCUT2D eigenvalue weighted by Gasteiger charge is -2.15. The quantitative estimate of drug-likeness (QED) is 0.837. The molecule has 0 radical (unpaired) electrons. The zero-order valence-corrected chi connectivity index (χ0v) is 9.52. The number of amides is 2. The van der Waals surface area contributed by atoms with Crippen LogP contribution in [0.1, 0.15) is 5.56 Å². The fourth-order valence-electron chi connectivity index (χ4n) is 2.30. The third-order valence-electron chi connectivity index (χ3n) is 3.19. The van der Waals surface area contributed by atoms with Gasteiger partial charge < -0.3 is 10.2 Å². The summed E-state index contributed by atoms with van der Waals surface area (Å²) in [5.74, 6) is 0. The summed E-state index contributed by atoms with van der Waals surface area (Å²) in [4.78, 5) is 13.4. The molecule has 0 aromatic heterocycles. The second-order valence-electron chi connectivity index (χ2n) is 4.29. The Bertz CT molecular complexity index is 560. The van der Waals surface area contributed by atoms with Crippen molar-refractivity contribution in [1.82, 2.24) is 10.2 Å². The second kappa shape index (κ2) is 4.09. The average molecular weight is 226 g/mol. The number of hydrogen-bond acceptors (Lipinski definition) is 1. The molecular weight excluding hydrogens is 212 g/mol. The summed E-state index contributed by atoms with van der Waals surface area (Å²) in [5, 5.41) is 5.28. The van der Waals surface area contributed by atoms with E-state index in [0.717, 1.165) is 13.1 Å². The maximum atomic E-state index is 11.5. The van der Waals surface area contributed by atoms with Gasteiger partial charge in [0.2, 0.25) is 0 Å². The third-order valence-corrected chi connectivity index (χ3v) is 3.19. The third kappa shape index (κ3) is 1.84. The highest BCUT2D eigenvalue weighted by Gasteiger charge is 2.19. The van der Waals surface area contributed by atoms with Crippen molar-refractivity contribution in [2.75, 3.05) is 13.1 Å². The molecule has 2 amide bonds. The molecule has 0 saturated carbocycles. The predicted molar refractivity (Wildman–Crippen MR) is 67.8 cm³/mol. The topological polar surface area (TPSA) is 32.3 Å². The average Bonchev–Trinajstić information content (AvgIpc) is 2.76. The van der Waals surface area contributed by atoms with Crippen molar-refractivity contribution in [2.45, 2.75) is 6.54 Å². The van der Waals surface area contributed by atoms with Gasteiger partial charge in [0.25, 0.3) is 0 Å². The molecule has 86 valence electrons. The Morgan fingerprint density at radius 2 is 1.94 bits per heavy atom. The van der Waals surface area contributed by atoms with Crippen LogP contribution in [0.4, 0.5) is 4.79 Å². The number of carbonyl (C=O) groups excluding carboxylic acids is 1. The van der Waals surface area contributed by atoms with Gasteiger partial charge in [0.05, 0.1) is 0 Å². The maximum Gasteiger partial charge on any atom is 0.317 e. The van der Waals surface area contributed by atoms with Crippen molar-refractivity contribution in [2.24, 2.45) is 0 Å². The number of nitrogens with zero attached hydrogens (tertiary/aromatic N) is 1. The largest absolute Gasteiger partial charge is 0.336 e. The van der Waals surface area contributed by atoms with E-state index >= 15 is 0 Å². The van der Waals surface area contributed by atoms with Crippen LogP contribution in [0.25, 0.3) is 10.8 Å². The van der Waals surface area contributed by atoms with E-state index in [-0.39, 0.29) is 6.03 Å². The Balaban J connectivity index is 1.97. The van der Waals surface area contributed by atoms with Gasteiger partial charge in [0.15, 0.2) is 0 Å². The van der Waals surface area contributed by atoms with Crippen LogP contribution in [0, 0.1) is 0 Å². The minimum Gasteiger partial charge on any atom is -0.336 e. The molecule has 2 aromatic carbocycles. The van der Waals surface area contributed by atoms with Crippen LogP contribution in [-0.2, 0) is 6.54 Å². The van der Waals surface area contributed by atoms with E-state index < -0.39 is 0 Å². The second-order valence-corrected chi connectivity index (χ2v) is 4.29. The monoisotopic (exact) mass is 226 g/mol. The highest BCUT2D eigenvalue weighted by molar-refractivity contribution is 5.86. The highest BCUT2D eigenvalue weighted by atomic mass is 16.2. The molecular formula is C14H14N2O. The van der Waals surface area contributed by atoms with Crippen molar-refractivity contribution < 1.29 is 4.79 Å². The van der Waals surface area contributed by atoms with Crippen LogP contribution < -0.4 is 5.32 Å². The number of fused-ring (bicyclic) bond motifs is 1. The van der Waals surface area contributed by atoms with Crippen LogP contribution in [-0.4, -0.2) is 24.0 Å². The Hall–Kier alpha value is -2.03. The molecule has 1 heterocycles. The zero-order valence-electron chi connectivity index (χ0n) is 9.52. The van der Waals surface area contributed by atoms with E-state index in [0.29, 0.717) is 6.54 Å². The van der Waals surface area contributed by atoms with Crippen LogP contribution >= 0.6 is 0 Å². The van der Waals surface area contributed by atoms with E-state index in [9.17, 15) is 4.79 Å². The molecule has 17 heavy (non-hydrogen) atoms. The molecule has 2 aromatic rings. The van der Waals surface area contributed by atoms with E-state index in [4.69, 9.17) is 0 Å². The van der Waals surface area contributed by atoms with Crippen LogP contribution in [0.2, 0.25) is 0 Å². The number of rotatable bonds is 2. The van der Waals surface area contributed by atoms with Gasteiger partial charge in [0.1, 0.15) is 0 Å². The molecule has 0 spiro atoms. The highest BCUT2D eigenvalue weighted by Crippen LogP contribution is 2.20. The van der Waals surface area contributed by atoms with Crippen LogP contribution in [0.5, 0.6) is 0 Å². The van der Waals surface area contributed by atoms with Crippen molar-refractivity contribution in [3.8, 4) is 0 Å². The zero-order chi connectivity index (χ0) is 11.7. The molecule has 1 N–H and O–H groups in total. The van der Waals surface area contributed by atoms with E-state index in [1.54, 1.807) is 0 Å². The van der Waals surface area contributed by atoms with Gasteiger partial charge in [-0.15, -0.1) is 0 Å². The fourth-order valence-corrected chi connectivity index (χ4v) is 2.30. The lowest BCUT2D eigenvalue weighted by Crippen LogP contribution is -2.27. The van der Waals surface area contributed by atoms with Gasteiger partial charge in [-0.05, 0) is 16.3 Å². The van der Waals surface area contributed by atoms with E-state index in [1.165, 1.54) is 16.3 Å². The summed E-state index contributed by atoms with van der Waals surface area (Å²) in [7, 11) is 0. The van der Waals surface area contributed by atoms with E-state index in [2.05, 4.69) is 29.6 Å². The predicted octanol–water partition coefficient (Wildman–Crippen LogP) is 2.37. The fraction of sp³-hybridized carbons (Fsp3) is 0.214. The first kappa shape index (κ1) is 10.1. The molecule has 1 saturated heterocycles. The molecule has 0 aliphatic carbocycles. The first-order chi connectivity index (χ1) is 8.34. The molecule has 0 unspecified atom stereocenters. The Labute approximate surface area is 100 Å². The lowest BCUT2D eigenvalue weighted by atomic mass is 10.0. The van der Waals surface area contributed by atoms with Gasteiger partial charge in [-0.3, -0.25) is 0 Å². The van der Waals surface area contributed by atoms with Crippen molar-refractivity contribution in [3.63, 3.8) is 0 Å². The van der Waals surface area contributed by atoms with Crippen molar-refractivity contribution >= 4 is 16.8 Å². The number of nitrogens with one attached hydrogen (secondary N) is 1. The Morgan fingerprint density at radius 1 is 1.12 bits per heavy atom. The first-order valence-electron chi connectivity index (χ1n) is 5.84. The van der Waals surface area contributed by atoms with Crippen LogP contribution in [0.15, 0.2) is 42.5 Å². The molecule has 0 bridgehead atoms. The molecule has 3 rings (SSSR count). The summed E-state index contributed by atoms with van der Waals surface area (Å²) in [6.07, 6.45) is 0. The molecule has 1 fully saturated rings. The summed E-state index contributed by atoms with van der Waals surface area (Å²) in [6.45, 7) is 2.23. The standard InChI is InChI=1S/C14H14N2O/c17-14-15-8-9-16(14)10-12-6-3-5-11-4-1-2-7-13(11)12/h1-7H,8-10H2,(H,15,17). The Kier molecular flexibility index (Phi) is 2.44. The maximum absolute atomic E-state index is 11.5. The smallest absolute Gasteiger partial charge is 0.317 e. The first-order valence-corrected chi connectivity index (χ1v) is 5.84. The molecule has 1 aliphatic rings. The number of carbonyl (C=O) groups is 1. The van der Waals surface area contributed by atoms with Gasteiger partial charge >= 0.3 is 6.03 Å². The van der Waals surface area contributed by atoms with Crippen molar-refractivity contribution in [3.05, 3.63) is 48.0 Å². The minimum atomic E-state index is 0.0398. The Morgan fingerprint density at radius 3 is 2.76 bits per heavy atom. The van der Waals surface area contributed by atoms with E-state index in [1.807, 2.05) is 23.1 Å². The van der Waals surface area contributed by atoms with Gasteiger partial charge in [0, 0.05) is 19.6 Å². The van der Waals surface area contributed by atoms with Gasteiger partial charge in [-0.25, -0.2) is 4.79 Å². The summed E-state index contributed by atoms with van der Waals surface area (Å²) in [5.41, 5.74) is 1.21.